The summed E-state index contributed by atoms with van der Waals surface area (Å²) < 4.78 is 0.935. The van der Waals surface area contributed by atoms with Crippen molar-refractivity contribution >= 4 is 33.6 Å². The fraction of sp³-hybridized carbons (Fsp3) is 0.273. The monoisotopic (exact) mass is 441 g/mol. The van der Waals surface area contributed by atoms with E-state index in [1.807, 2.05) is 48.5 Å². The standard InChI is InChI=1S/C22H24BrN3O2/c1-13-18(20(27)25-17-11-9-16(23)10-12-17)19(26-21(28)24-13)14-5-7-15(8-6-14)22(2,3)4/h5-12,19H,1-4H3,(H,25,27)(H2,24,26,28)/t19-/m0/s1. The third-order valence-corrected chi connectivity index (χ3v) is 5.25. The molecule has 3 rings (SSSR count). The molecular weight excluding hydrogens is 418 g/mol. The van der Waals surface area contributed by atoms with Gasteiger partial charge >= 0.3 is 6.03 Å². The molecule has 0 saturated heterocycles. The van der Waals surface area contributed by atoms with Crippen molar-refractivity contribution in [3.63, 3.8) is 0 Å². The Balaban J connectivity index is 1.92. The lowest BCUT2D eigenvalue weighted by molar-refractivity contribution is -0.113. The lowest BCUT2D eigenvalue weighted by Crippen LogP contribution is -2.46. The van der Waals surface area contributed by atoms with E-state index in [0.29, 0.717) is 17.0 Å². The molecule has 0 aliphatic carbocycles. The van der Waals surface area contributed by atoms with E-state index in [9.17, 15) is 9.59 Å². The van der Waals surface area contributed by atoms with Gasteiger partial charge in [-0.3, -0.25) is 4.79 Å². The average Bonchev–Trinajstić information content (AvgIpc) is 2.62. The summed E-state index contributed by atoms with van der Waals surface area (Å²) in [5, 5.41) is 8.48. The van der Waals surface area contributed by atoms with Gasteiger partial charge in [0.15, 0.2) is 0 Å². The Morgan fingerprint density at radius 1 is 1.04 bits per heavy atom. The number of amides is 3. The predicted octanol–water partition coefficient (Wildman–Crippen LogP) is 5.01. The number of nitrogens with one attached hydrogen (secondary N) is 3. The number of hydrogen-bond acceptors (Lipinski definition) is 2. The topological polar surface area (TPSA) is 70.2 Å². The minimum absolute atomic E-state index is 0.0312. The number of rotatable bonds is 3. The van der Waals surface area contributed by atoms with Gasteiger partial charge in [-0.2, -0.15) is 0 Å². The van der Waals surface area contributed by atoms with Gasteiger partial charge in [0.25, 0.3) is 5.91 Å². The zero-order chi connectivity index (χ0) is 20.5. The van der Waals surface area contributed by atoms with Crippen molar-refractivity contribution < 1.29 is 9.59 Å². The van der Waals surface area contributed by atoms with Gasteiger partial charge in [-0.05, 0) is 47.7 Å². The molecule has 146 valence electrons. The number of hydrogen-bond donors (Lipinski definition) is 3. The molecule has 1 aliphatic rings. The van der Waals surface area contributed by atoms with Gasteiger partial charge in [0, 0.05) is 15.9 Å². The lowest BCUT2D eigenvalue weighted by atomic mass is 9.85. The third kappa shape index (κ3) is 4.44. The van der Waals surface area contributed by atoms with Crippen LogP contribution in [0, 0.1) is 0 Å². The van der Waals surface area contributed by atoms with Crippen molar-refractivity contribution in [1.82, 2.24) is 10.6 Å². The first-order valence-corrected chi connectivity index (χ1v) is 9.90. The van der Waals surface area contributed by atoms with Gasteiger partial charge in [0.2, 0.25) is 0 Å². The van der Waals surface area contributed by atoms with Crippen molar-refractivity contribution in [2.45, 2.75) is 39.2 Å². The molecule has 1 aliphatic heterocycles. The summed E-state index contributed by atoms with van der Waals surface area (Å²) in [5.74, 6) is -0.253. The van der Waals surface area contributed by atoms with Crippen LogP contribution in [0.5, 0.6) is 0 Å². The normalized spacial score (nSPS) is 17.0. The summed E-state index contributed by atoms with van der Waals surface area (Å²) >= 11 is 3.38. The molecular formula is C22H24BrN3O2. The molecule has 0 radical (unpaired) electrons. The molecule has 6 heteroatoms. The smallest absolute Gasteiger partial charge is 0.319 e. The first-order valence-electron chi connectivity index (χ1n) is 9.11. The molecule has 0 saturated carbocycles. The zero-order valence-corrected chi connectivity index (χ0v) is 18.0. The Bertz CT molecular complexity index is 926. The molecule has 0 spiro atoms. The van der Waals surface area contributed by atoms with E-state index in [0.717, 1.165) is 10.0 Å². The number of carbonyl (C=O) groups excluding carboxylic acids is 2. The largest absolute Gasteiger partial charge is 0.327 e. The minimum Gasteiger partial charge on any atom is -0.327 e. The second-order valence-corrected chi connectivity index (χ2v) is 8.82. The summed E-state index contributed by atoms with van der Waals surface area (Å²) in [7, 11) is 0. The van der Waals surface area contributed by atoms with Gasteiger partial charge in [-0.1, -0.05) is 61.0 Å². The van der Waals surface area contributed by atoms with Crippen LogP contribution in [-0.4, -0.2) is 11.9 Å². The van der Waals surface area contributed by atoms with Gasteiger partial charge in [0.1, 0.15) is 0 Å². The van der Waals surface area contributed by atoms with Crippen molar-refractivity contribution in [2.24, 2.45) is 0 Å². The highest BCUT2D eigenvalue weighted by atomic mass is 79.9. The second kappa shape index (κ2) is 7.80. The summed E-state index contributed by atoms with van der Waals surface area (Å²) in [6.07, 6.45) is 0. The first-order chi connectivity index (χ1) is 13.1. The number of anilines is 1. The Labute approximate surface area is 173 Å². The number of carbonyl (C=O) groups is 2. The Morgan fingerprint density at radius 3 is 2.21 bits per heavy atom. The maximum atomic E-state index is 13.0. The number of urea groups is 1. The zero-order valence-electron chi connectivity index (χ0n) is 16.4. The number of benzene rings is 2. The molecule has 0 unspecified atom stereocenters. The van der Waals surface area contributed by atoms with Crippen molar-refractivity contribution in [2.75, 3.05) is 5.32 Å². The van der Waals surface area contributed by atoms with Crippen LogP contribution >= 0.6 is 15.9 Å². The molecule has 3 N–H and O–H groups in total. The second-order valence-electron chi connectivity index (χ2n) is 7.90. The molecule has 0 bridgehead atoms. The van der Waals surface area contributed by atoms with Gasteiger partial charge in [0.05, 0.1) is 11.6 Å². The number of halogens is 1. The SMILES string of the molecule is CC1=C(C(=O)Nc2ccc(Br)cc2)[C@H](c2ccc(C(C)(C)C)cc2)NC(=O)N1. The molecule has 1 atom stereocenters. The van der Waals surface area contributed by atoms with Crippen molar-refractivity contribution in [3.8, 4) is 0 Å². The molecule has 0 fully saturated rings. The molecule has 2 aromatic rings. The van der Waals surface area contributed by atoms with Crippen LogP contribution in [0.25, 0.3) is 0 Å². The van der Waals surface area contributed by atoms with Crippen LogP contribution in [0.2, 0.25) is 0 Å². The summed E-state index contributed by atoms with van der Waals surface area (Å²) in [4.78, 5) is 25.1. The fourth-order valence-corrected chi connectivity index (χ4v) is 3.42. The summed E-state index contributed by atoms with van der Waals surface area (Å²) in [6, 6.07) is 14.6. The van der Waals surface area contributed by atoms with Crippen LogP contribution in [0.4, 0.5) is 10.5 Å². The van der Waals surface area contributed by atoms with E-state index in [1.165, 1.54) is 5.56 Å². The Morgan fingerprint density at radius 2 is 1.64 bits per heavy atom. The Hall–Kier alpha value is -2.60. The van der Waals surface area contributed by atoms with E-state index in [-0.39, 0.29) is 17.4 Å². The maximum absolute atomic E-state index is 13.0. The molecule has 1 heterocycles. The molecule has 5 nitrogen and oxygen atoms in total. The minimum atomic E-state index is -0.516. The van der Waals surface area contributed by atoms with E-state index in [2.05, 4.69) is 52.7 Å². The highest BCUT2D eigenvalue weighted by molar-refractivity contribution is 9.10. The van der Waals surface area contributed by atoms with E-state index in [4.69, 9.17) is 0 Å². The molecule has 28 heavy (non-hydrogen) atoms. The summed E-state index contributed by atoms with van der Waals surface area (Å²) in [6.45, 7) is 8.19. The van der Waals surface area contributed by atoms with Crippen LogP contribution in [-0.2, 0) is 10.2 Å². The lowest BCUT2D eigenvalue weighted by Gasteiger charge is -2.29. The quantitative estimate of drug-likeness (QED) is 0.625. The first kappa shape index (κ1) is 20.1. The van der Waals surface area contributed by atoms with Crippen molar-refractivity contribution in [1.29, 1.82) is 0 Å². The van der Waals surface area contributed by atoms with Gasteiger partial charge in [-0.25, -0.2) is 4.79 Å². The Kier molecular flexibility index (Phi) is 5.61. The maximum Gasteiger partial charge on any atom is 0.319 e. The van der Waals surface area contributed by atoms with Gasteiger partial charge in [-0.15, -0.1) is 0 Å². The predicted molar refractivity (Wildman–Crippen MR) is 115 cm³/mol. The third-order valence-electron chi connectivity index (χ3n) is 4.73. The van der Waals surface area contributed by atoms with E-state index >= 15 is 0 Å². The van der Waals surface area contributed by atoms with E-state index in [1.54, 1.807) is 6.92 Å². The van der Waals surface area contributed by atoms with Crippen molar-refractivity contribution in [3.05, 3.63) is 75.4 Å². The molecule has 2 aromatic carbocycles. The van der Waals surface area contributed by atoms with Crippen LogP contribution in [0.1, 0.15) is 44.9 Å². The fourth-order valence-electron chi connectivity index (χ4n) is 3.15. The highest BCUT2D eigenvalue weighted by Gasteiger charge is 2.31. The molecule has 3 amide bonds. The van der Waals surface area contributed by atoms with Crippen LogP contribution in [0.15, 0.2) is 64.3 Å². The van der Waals surface area contributed by atoms with E-state index < -0.39 is 6.04 Å². The highest BCUT2D eigenvalue weighted by Crippen LogP contribution is 2.30. The summed E-state index contributed by atoms with van der Waals surface area (Å²) in [5.41, 5.74) is 3.81. The average molecular weight is 442 g/mol. The molecule has 0 aromatic heterocycles. The van der Waals surface area contributed by atoms with Crippen LogP contribution < -0.4 is 16.0 Å². The van der Waals surface area contributed by atoms with Gasteiger partial charge < -0.3 is 16.0 Å². The van der Waals surface area contributed by atoms with Crippen LogP contribution in [0.3, 0.4) is 0 Å². The number of allylic oxidation sites excluding steroid dienone is 1.